The molecule has 0 fully saturated rings. The average Bonchev–Trinajstić information content (AvgIpc) is 3.08. The first-order valence-electron chi connectivity index (χ1n) is 8.67. The molecule has 136 valence electrons. The Morgan fingerprint density at radius 1 is 1.07 bits per heavy atom. The second-order valence-corrected chi connectivity index (χ2v) is 7.33. The van der Waals surface area contributed by atoms with E-state index in [4.69, 9.17) is 0 Å². The van der Waals surface area contributed by atoms with E-state index in [1.54, 1.807) is 0 Å². The van der Waals surface area contributed by atoms with E-state index in [1.165, 1.54) is 17.3 Å². The standard InChI is InChI=1S/C20H19N5OS/c1-13-7-9-15(10-8-13)11-21-18(26)12-27-20-19-24-23-14(2)25(19)17-6-4-3-5-16(17)22-20/h3-10H,11-12H2,1-2H3,(H,21,26). The number of amides is 1. The Bertz CT molecular complexity index is 1120. The van der Waals surface area contributed by atoms with Crippen LogP contribution in [0.2, 0.25) is 0 Å². The molecule has 0 aliphatic heterocycles. The number of benzene rings is 2. The van der Waals surface area contributed by atoms with Crippen molar-refractivity contribution in [3.8, 4) is 0 Å². The SMILES string of the molecule is Cc1ccc(CNC(=O)CSc2nc3ccccc3n3c(C)nnc23)cc1. The van der Waals surface area contributed by atoms with E-state index in [9.17, 15) is 4.79 Å². The van der Waals surface area contributed by atoms with Gasteiger partial charge in [0.05, 0.1) is 16.8 Å². The summed E-state index contributed by atoms with van der Waals surface area (Å²) in [7, 11) is 0. The van der Waals surface area contributed by atoms with Crippen molar-refractivity contribution in [3.63, 3.8) is 0 Å². The molecule has 2 heterocycles. The zero-order valence-electron chi connectivity index (χ0n) is 15.1. The Morgan fingerprint density at radius 3 is 2.67 bits per heavy atom. The minimum atomic E-state index is -0.0371. The molecule has 1 N–H and O–H groups in total. The first-order chi connectivity index (χ1) is 13.1. The first kappa shape index (κ1) is 17.5. The number of rotatable bonds is 5. The predicted octanol–water partition coefficient (Wildman–Crippen LogP) is 3.30. The summed E-state index contributed by atoms with van der Waals surface area (Å²) in [6, 6.07) is 16.0. The topological polar surface area (TPSA) is 72.2 Å². The van der Waals surface area contributed by atoms with Gasteiger partial charge in [0.1, 0.15) is 10.9 Å². The Hall–Kier alpha value is -2.93. The van der Waals surface area contributed by atoms with E-state index in [0.29, 0.717) is 17.2 Å². The van der Waals surface area contributed by atoms with Crippen LogP contribution in [0.15, 0.2) is 53.6 Å². The second-order valence-electron chi connectivity index (χ2n) is 6.36. The summed E-state index contributed by atoms with van der Waals surface area (Å²) in [4.78, 5) is 16.9. The fourth-order valence-corrected chi connectivity index (χ4v) is 3.68. The van der Waals surface area contributed by atoms with Crippen molar-refractivity contribution in [1.82, 2.24) is 24.9 Å². The van der Waals surface area contributed by atoms with Gasteiger partial charge in [0, 0.05) is 6.54 Å². The Morgan fingerprint density at radius 2 is 1.85 bits per heavy atom. The van der Waals surface area contributed by atoms with Gasteiger partial charge in [-0.25, -0.2) is 4.98 Å². The monoisotopic (exact) mass is 377 g/mol. The summed E-state index contributed by atoms with van der Waals surface area (Å²) in [6.07, 6.45) is 0. The van der Waals surface area contributed by atoms with Crippen LogP contribution in [0, 0.1) is 13.8 Å². The molecule has 0 spiro atoms. The molecule has 0 aliphatic rings. The quantitative estimate of drug-likeness (QED) is 0.540. The molecule has 0 bridgehead atoms. The van der Waals surface area contributed by atoms with Gasteiger partial charge in [-0.2, -0.15) is 0 Å². The van der Waals surface area contributed by atoms with Gasteiger partial charge in [-0.3, -0.25) is 9.20 Å². The fraction of sp³-hybridized carbons (Fsp3) is 0.200. The lowest BCUT2D eigenvalue weighted by Crippen LogP contribution is -2.24. The number of carbonyl (C=O) groups excluding carboxylic acids is 1. The van der Waals surface area contributed by atoms with Gasteiger partial charge in [0.2, 0.25) is 5.91 Å². The molecule has 4 rings (SSSR count). The first-order valence-corrected chi connectivity index (χ1v) is 9.66. The largest absolute Gasteiger partial charge is 0.351 e. The van der Waals surface area contributed by atoms with Gasteiger partial charge in [-0.1, -0.05) is 53.7 Å². The van der Waals surface area contributed by atoms with Crippen molar-refractivity contribution < 1.29 is 4.79 Å². The third-order valence-corrected chi connectivity index (χ3v) is 5.26. The number of thioether (sulfide) groups is 1. The average molecular weight is 377 g/mol. The third kappa shape index (κ3) is 3.64. The minimum Gasteiger partial charge on any atom is -0.351 e. The van der Waals surface area contributed by atoms with Gasteiger partial charge >= 0.3 is 0 Å². The van der Waals surface area contributed by atoms with Crippen molar-refractivity contribution in [3.05, 3.63) is 65.5 Å². The zero-order chi connectivity index (χ0) is 18.8. The molecular formula is C20H19N5OS. The molecule has 6 nitrogen and oxygen atoms in total. The molecule has 2 aromatic heterocycles. The number of fused-ring (bicyclic) bond motifs is 3. The molecule has 7 heteroatoms. The lowest BCUT2D eigenvalue weighted by Gasteiger charge is -2.08. The highest BCUT2D eigenvalue weighted by Crippen LogP contribution is 2.25. The highest BCUT2D eigenvalue weighted by atomic mass is 32.2. The van der Waals surface area contributed by atoms with Crippen LogP contribution in [-0.4, -0.2) is 31.2 Å². The highest BCUT2D eigenvalue weighted by Gasteiger charge is 2.14. The van der Waals surface area contributed by atoms with Crippen LogP contribution in [0.4, 0.5) is 0 Å². The van der Waals surface area contributed by atoms with Gasteiger partial charge in [-0.15, -0.1) is 10.2 Å². The predicted molar refractivity (Wildman–Crippen MR) is 107 cm³/mol. The molecule has 1 amide bonds. The molecule has 0 unspecified atom stereocenters. The summed E-state index contributed by atoms with van der Waals surface area (Å²) < 4.78 is 1.98. The van der Waals surface area contributed by atoms with E-state index < -0.39 is 0 Å². The van der Waals surface area contributed by atoms with Crippen molar-refractivity contribution in [2.75, 3.05) is 5.75 Å². The van der Waals surface area contributed by atoms with E-state index in [-0.39, 0.29) is 11.7 Å². The van der Waals surface area contributed by atoms with Gasteiger partial charge in [0.25, 0.3) is 0 Å². The number of nitrogens with zero attached hydrogens (tertiary/aromatic N) is 4. The number of aryl methyl sites for hydroxylation is 2. The molecule has 0 radical (unpaired) electrons. The van der Waals surface area contributed by atoms with E-state index in [1.807, 2.05) is 66.8 Å². The Balaban J connectivity index is 1.49. The minimum absolute atomic E-state index is 0.0371. The van der Waals surface area contributed by atoms with E-state index in [0.717, 1.165) is 22.4 Å². The van der Waals surface area contributed by atoms with Crippen molar-refractivity contribution in [2.45, 2.75) is 25.4 Å². The number of hydrogen-bond donors (Lipinski definition) is 1. The molecule has 27 heavy (non-hydrogen) atoms. The summed E-state index contributed by atoms with van der Waals surface area (Å²) >= 11 is 1.38. The molecule has 4 aromatic rings. The molecule has 0 saturated heterocycles. The van der Waals surface area contributed by atoms with E-state index in [2.05, 4.69) is 20.5 Å². The van der Waals surface area contributed by atoms with Crippen LogP contribution >= 0.6 is 11.8 Å². The number of carbonyl (C=O) groups is 1. The van der Waals surface area contributed by atoms with Crippen LogP contribution in [0.3, 0.4) is 0 Å². The van der Waals surface area contributed by atoms with Crippen LogP contribution in [0.5, 0.6) is 0 Å². The number of aromatic nitrogens is 4. The van der Waals surface area contributed by atoms with Gasteiger partial charge < -0.3 is 5.32 Å². The zero-order valence-corrected chi connectivity index (χ0v) is 16.0. The fourth-order valence-electron chi connectivity index (χ4n) is 2.88. The molecule has 2 aromatic carbocycles. The maximum absolute atomic E-state index is 12.3. The van der Waals surface area contributed by atoms with Crippen LogP contribution < -0.4 is 5.32 Å². The van der Waals surface area contributed by atoms with Crippen molar-refractivity contribution in [2.24, 2.45) is 0 Å². The number of nitrogens with one attached hydrogen (secondary N) is 1. The van der Waals surface area contributed by atoms with Gasteiger partial charge in [-0.05, 0) is 31.5 Å². The summed E-state index contributed by atoms with van der Waals surface area (Å²) in [5.74, 6) is 1.04. The third-order valence-electron chi connectivity index (χ3n) is 4.31. The van der Waals surface area contributed by atoms with Crippen molar-refractivity contribution in [1.29, 1.82) is 0 Å². The Kier molecular flexibility index (Phi) is 4.77. The number of hydrogen-bond acceptors (Lipinski definition) is 5. The van der Waals surface area contributed by atoms with Crippen molar-refractivity contribution >= 4 is 34.3 Å². The van der Waals surface area contributed by atoms with E-state index >= 15 is 0 Å². The molecule has 0 atom stereocenters. The molecule has 0 saturated carbocycles. The Labute approximate surface area is 161 Å². The summed E-state index contributed by atoms with van der Waals surface area (Å²) in [6.45, 7) is 4.47. The van der Waals surface area contributed by atoms with Crippen LogP contribution in [0.25, 0.3) is 16.7 Å². The highest BCUT2D eigenvalue weighted by molar-refractivity contribution is 8.00. The summed E-state index contributed by atoms with van der Waals surface area (Å²) in [5.41, 5.74) is 4.79. The maximum Gasteiger partial charge on any atom is 0.230 e. The lowest BCUT2D eigenvalue weighted by atomic mass is 10.1. The molecular weight excluding hydrogens is 358 g/mol. The lowest BCUT2D eigenvalue weighted by molar-refractivity contribution is -0.118. The molecule has 0 aliphatic carbocycles. The smallest absolute Gasteiger partial charge is 0.230 e. The second kappa shape index (κ2) is 7.36. The maximum atomic E-state index is 12.3. The van der Waals surface area contributed by atoms with Crippen LogP contribution in [0.1, 0.15) is 17.0 Å². The van der Waals surface area contributed by atoms with Crippen LogP contribution in [-0.2, 0) is 11.3 Å². The van der Waals surface area contributed by atoms with Gasteiger partial charge in [0.15, 0.2) is 5.65 Å². The number of para-hydroxylation sites is 2. The normalized spacial score (nSPS) is 11.2. The summed E-state index contributed by atoms with van der Waals surface area (Å²) in [5, 5.41) is 12.1.